The number of ketones is 1. The summed E-state index contributed by atoms with van der Waals surface area (Å²) in [5, 5.41) is 0. The first-order chi connectivity index (χ1) is 11.6. The number of imide groups is 2. The smallest absolute Gasteiger partial charge is 0.297 e. The minimum atomic E-state index is -0.835. The van der Waals surface area contributed by atoms with Crippen molar-refractivity contribution in [2.45, 2.75) is 64.8 Å². The van der Waals surface area contributed by atoms with E-state index >= 15 is 0 Å². The van der Waals surface area contributed by atoms with Gasteiger partial charge in [-0.15, -0.1) is 0 Å². The van der Waals surface area contributed by atoms with Gasteiger partial charge in [0.15, 0.2) is 5.78 Å². The van der Waals surface area contributed by atoms with Crippen molar-refractivity contribution in [3.8, 4) is 0 Å². The van der Waals surface area contributed by atoms with Crippen LogP contribution < -0.4 is 0 Å². The highest BCUT2D eigenvalue weighted by molar-refractivity contribution is 6.45. The number of Topliss-reactive ketones (excluding diaryl/α,β-unsaturated/α-hetero) is 1. The molecule has 0 radical (unpaired) electrons. The number of carbonyl (C=O) groups excluding carboxylic acids is 4. The average molecular weight is 346 g/mol. The number of amides is 4. The Bertz CT molecular complexity index is 640. The molecule has 0 aromatic rings. The van der Waals surface area contributed by atoms with Crippen molar-refractivity contribution in [3.63, 3.8) is 0 Å². The SMILES string of the molecule is CC(C)(C)C(=O)CN1C(=O)C(=O)N(C23CC4CC(CC(C4)C2)C3)C1=O. The maximum Gasteiger partial charge on any atom is 0.335 e. The average Bonchev–Trinajstić information content (AvgIpc) is 2.69. The van der Waals surface area contributed by atoms with Crippen LogP contribution in [0.2, 0.25) is 0 Å². The zero-order valence-electron chi connectivity index (χ0n) is 15.2. The highest BCUT2D eigenvalue weighted by Gasteiger charge is 2.61. The first kappa shape index (κ1) is 16.7. The number of nitrogens with zero attached hydrogens (tertiary/aromatic N) is 2. The van der Waals surface area contributed by atoms with E-state index in [9.17, 15) is 19.2 Å². The van der Waals surface area contributed by atoms with E-state index in [4.69, 9.17) is 0 Å². The van der Waals surface area contributed by atoms with Gasteiger partial charge >= 0.3 is 17.8 Å². The number of urea groups is 1. The lowest BCUT2D eigenvalue weighted by Crippen LogP contribution is -2.62. The normalized spacial score (nSPS) is 37.4. The van der Waals surface area contributed by atoms with Gasteiger partial charge in [0, 0.05) is 5.41 Å². The summed E-state index contributed by atoms with van der Waals surface area (Å²) in [5.74, 6) is -0.0898. The van der Waals surface area contributed by atoms with E-state index in [-0.39, 0.29) is 12.3 Å². The Morgan fingerprint density at radius 3 is 1.88 bits per heavy atom. The fourth-order valence-corrected chi connectivity index (χ4v) is 5.78. The Morgan fingerprint density at radius 1 is 0.960 bits per heavy atom. The first-order valence-corrected chi connectivity index (χ1v) is 9.34. The molecular weight excluding hydrogens is 320 g/mol. The molecule has 1 aliphatic heterocycles. The van der Waals surface area contributed by atoms with E-state index in [1.807, 2.05) is 0 Å². The zero-order chi connectivity index (χ0) is 18.1. The van der Waals surface area contributed by atoms with Crippen LogP contribution in [0.5, 0.6) is 0 Å². The minimum Gasteiger partial charge on any atom is -0.297 e. The quantitative estimate of drug-likeness (QED) is 0.581. The molecule has 0 N–H and O–H groups in total. The fourth-order valence-electron chi connectivity index (χ4n) is 5.78. The minimum absolute atomic E-state index is 0.214. The standard InChI is InChI=1S/C19H26N2O4/c1-18(2,3)14(22)10-20-15(23)16(24)21(17(20)25)19-7-11-4-12(8-19)6-13(5-11)9-19/h11-13H,4-10H2,1-3H3. The number of hydrogen-bond donors (Lipinski definition) is 0. The van der Waals surface area contributed by atoms with Crippen LogP contribution in [0.15, 0.2) is 0 Å². The van der Waals surface area contributed by atoms with E-state index in [0.717, 1.165) is 24.2 Å². The van der Waals surface area contributed by atoms with Gasteiger partial charge in [-0.25, -0.2) is 14.6 Å². The van der Waals surface area contributed by atoms with Crippen LogP contribution in [0.4, 0.5) is 4.79 Å². The predicted molar refractivity (Wildman–Crippen MR) is 89.3 cm³/mol. The highest BCUT2D eigenvalue weighted by atomic mass is 16.2. The summed E-state index contributed by atoms with van der Waals surface area (Å²) < 4.78 is 0. The molecule has 136 valence electrons. The van der Waals surface area contributed by atoms with Gasteiger partial charge in [-0.1, -0.05) is 20.8 Å². The van der Waals surface area contributed by atoms with E-state index < -0.39 is 28.8 Å². The van der Waals surface area contributed by atoms with Crippen LogP contribution >= 0.6 is 0 Å². The second-order valence-electron chi connectivity index (χ2n) is 9.63. The molecule has 25 heavy (non-hydrogen) atoms. The molecule has 0 unspecified atom stereocenters. The predicted octanol–water partition coefficient (Wildman–Crippen LogP) is 2.36. The summed E-state index contributed by atoms with van der Waals surface area (Å²) in [7, 11) is 0. The molecule has 0 spiro atoms. The molecule has 1 heterocycles. The molecular formula is C19H26N2O4. The summed E-state index contributed by atoms with van der Waals surface area (Å²) in [4.78, 5) is 52.5. The number of rotatable bonds is 3. The van der Waals surface area contributed by atoms with Gasteiger partial charge in [0.25, 0.3) is 0 Å². The molecule has 4 amide bonds. The van der Waals surface area contributed by atoms with Crippen molar-refractivity contribution < 1.29 is 19.2 Å². The van der Waals surface area contributed by atoms with Crippen LogP contribution in [0.1, 0.15) is 59.3 Å². The Hall–Kier alpha value is -1.72. The largest absolute Gasteiger partial charge is 0.335 e. The van der Waals surface area contributed by atoms with Crippen LogP contribution in [-0.2, 0) is 14.4 Å². The van der Waals surface area contributed by atoms with Crippen molar-refractivity contribution in [1.82, 2.24) is 9.80 Å². The molecule has 5 rings (SSSR count). The lowest BCUT2D eigenvalue weighted by molar-refractivity contribution is -0.150. The second-order valence-corrected chi connectivity index (χ2v) is 9.63. The summed E-state index contributed by atoms with van der Waals surface area (Å²) in [5.41, 5.74) is -1.14. The summed E-state index contributed by atoms with van der Waals surface area (Å²) >= 11 is 0. The van der Waals surface area contributed by atoms with Gasteiger partial charge in [0.05, 0.1) is 12.1 Å². The van der Waals surface area contributed by atoms with Gasteiger partial charge in [0.2, 0.25) is 0 Å². The van der Waals surface area contributed by atoms with Gasteiger partial charge in [0.1, 0.15) is 0 Å². The highest BCUT2D eigenvalue weighted by Crippen LogP contribution is 2.58. The third kappa shape index (κ3) is 2.44. The fraction of sp³-hybridized carbons (Fsp3) is 0.789. The van der Waals surface area contributed by atoms with Crippen LogP contribution in [0.25, 0.3) is 0 Å². The van der Waals surface area contributed by atoms with Gasteiger partial charge in [-0.2, -0.15) is 0 Å². The Labute approximate surface area is 147 Å². The lowest BCUT2D eigenvalue weighted by Gasteiger charge is -2.58. The van der Waals surface area contributed by atoms with Crippen molar-refractivity contribution in [3.05, 3.63) is 0 Å². The third-order valence-corrected chi connectivity index (χ3v) is 6.67. The Kier molecular flexibility index (Phi) is 3.44. The molecule has 6 nitrogen and oxygen atoms in total. The third-order valence-electron chi connectivity index (χ3n) is 6.67. The molecule has 1 saturated heterocycles. The number of hydrogen-bond acceptors (Lipinski definition) is 4. The maximum atomic E-state index is 13.0. The molecule has 6 heteroatoms. The van der Waals surface area contributed by atoms with E-state index in [0.29, 0.717) is 17.8 Å². The number of carbonyl (C=O) groups is 4. The van der Waals surface area contributed by atoms with Crippen molar-refractivity contribution in [1.29, 1.82) is 0 Å². The van der Waals surface area contributed by atoms with Crippen molar-refractivity contribution in [2.24, 2.45) is 23.2 Å². The van der Waals surface area contributed by atoms with E-state index in [1.165, 1.54) is 24.2 Å². The maximum absolute atomic E-state index is 13.0. The Balaban J connectivity index is 1.61. The molecule has 4 aliphatic carbocycles. The monoisotopic (exact) mass is 346 g/mol. The topological polar surface area (TPSA) is 74.8 Å². The van der Waals surface area contributed by atoms with Gasteiger partial charge in [-0.3, -0.25) is 14.4 Å². The molecule has 4 saturated carbocycles. The lowest BCUT2D eigenvalue weighted by atomic mass is 9.52. The first-order valence-electron chi connectivity index (χ1n) is 9.34. The van der Waals surface area contributed by atoms with Crippen molar-refractivity contribution in [2.75, 3.05) is 6.54 Å². The molecule has 0 atom stereocenters. The molecule has 5 aliphatic rings. The summed E-state index contributed by atoms with van der Waals surface area (Å²) in [6.45, 7) is 4.94. The summed E-state index contributed by atoms with van der Waals surface area (Å²) in [6, 6.07) is -0.574. The van der Waals surface area contributed by atoms with Crippen molar-refractivity contribution >= 4 is 23.6 Å². The summed E-state index contributed by atoms with van der Waals surface area (Å²) in [6.07, 6.45) is 6.04. The Morgan fingerprint density at radius 2 is 1.44 bits per heavy atom. The van der Waals surface area contributed by atoms with Crippen LogP contribution in [0, 0.1) is 23.2 Å². The second kappa shape index (κ2) is 5.15. The van der Waals surface area contributed by atoms with Crippen LogP contribution in [0.3, 0.4) is 0 Å². The van der Waals surface area contributed by atoms with Crippen LogP contribution in [-0.4, -0.2) is 45.5 Å². The van der Waals surface area contributed by atoms with Gasteiger partial charge < -0.3 is 0 Å². The van der Waals surface area contributed by atoms with E-state index in [2.05, 4.69) is 0 Å². The molecule has 0 aromatic heterocycles. The molecule has 4 bridgehead atoms. The zero-order valence-corrected chi connectivity index (χ0v) is 15.2. The molecule has 0 aromatic carbocycles. The van der Waals surface area contributed by atoms with E-state index in [1.54, 1.807) is 20.8 Å². The van der Waals surface area contributed by atoms with Gasteiger partial charge in [-0.05, 0) is 56.3 Å². The molecule has 5 fully saturated rings.